The van der Waals surface area contributed by atoms with Crippen LogP contribution in [-0.2, 0) is 10.8 Å². The van der Waals surface area contributed by atoms with Gasteiger partial charge in [-0.25, -0.2) is 15.0 Å². The zero-order valence-corrected chi connectivity index (χ0v) is 34.3. The molecule has 1 unspecified atom stereocenters. The number of nitriles is 1. The Morgan fingerprint density at radius 2 is 1.10 bits per heavy atom. The second-order valence-electron chi connectivity index (χ2n) is 17.5. The van der Waals surface area contributed by atoms with E-state index < -0.39 is 0 Å². The number of hydrogen-bond acceptors (Lipinski definition) is 4. The molecule has 0 saturated heterocycles. The van der Waals surface area contributed by atoms with Gasteiger partial charge in [-0.15, -0.1) is 0 Å². The first-order valence-corrected chi connectivity index (χ1v) is 21.0. The molecule has 0 N–H and O–H groups in total. The first kappa shape index (κ1) is 37.4. The largest absolute Gasteiger partial charge is 0.208 e. The van der Waals surface area contributed by atoms with E-state index in [2.05, 4.69) is 126 Å². The topological polar surface area (TPSA) is 62.5 Å². The number of rotatable bonds is 7. The van der Waals surface area contributed by atoms with E-state index in [1.807, 2.05) is 48.5 Å². The van der Waals surface area contributed by atoms with Crippen molar-refractivity contribution in [2.24, 2.45) is 11.8 Å². The molecule has 9 rings (SSSR count). The molecule has 6 aromatic carbocycles. The number of hydrogen-bond donors (Lipinski definition) is 0. The lowest BCUT2D eigenvalue weighted by Crippen LogP contribution is -2.28. The van der Waals surface area contributed by atoms with E-state index in [1.54, 1.807) is 6.07 Å². The third-order valence-corrected chi connectivity index (χ3v) is 13.2. The number of aromatic nitrogens is 3. The van der Waals surface area contributed by atoms with Crippen molar-refractivity contribution < 1.29 is 0 Å². The fourth-order valence-electron chi connectivity index (χ4n) is 10.0. The van der Waals surface area contributed by atoms with Gasteiger partial charge in [0.2, 0.25) is 0 Å². The fraction of sp³-hybridized carbons (Fsp3) is 0.259. The smallest absolute Gasteiger partial charge is 0.164 e. The molecule has 4 heteroatoms. The van der Waals surface area contributed by atoms with Crippen LogP contribution >= 0.6 is 0 Å². The van der Waals surface area contributed by atoms with Gasteiger partial charge in [0.15, 0.2) is 17.5 Å². The fourth-order valence-corrected chi connectivity index (χ4v) is 10.0. The first-order valence-electron chi connectivity index (χ1n) is 21.0. The van der Waals surface area contributed by atoms with Gasteiger partial charge in [-0.2, -0.15) is 5.26 Å². The van der Waals surface area contributed by atoms with E-state index in [-0.39, 0.29) is 10.8 Å². The van der Waals surface area contributed by atoms with E-state index in [4.69, 9.17) is 15.0 Å². The lowest BCUT2D eigenvalue weighted by atomic mass is 9.69. The Balaban J connectivity index is 1.22. The first-order chi connectivity index (χ1) is 28.1. The Morgan fingerprint density at radius 3 is 1.79 bits per heavy atom. The van der Waals surface area contributed by atoms with Gasteiger partial charge in [0.05, 0.1) is 11.6 Å². The second kappa shape index (κ2) is 15.0. The molecular weight excluding hydrogens is 705 g/mol. The molecule has 0 bridgehead atoms. The average molecular weight is 755 g/mol. The Hall–Kier alpha value is -6.18. The highest BCUT2D eigenvalue weighted by atomic mass is 15.0. The van der Waals surface area contributed by atoms with E-state index >= 15 is 0 Å². The predicted molar refractivity (Wildman–Crippen MR) is 238 cm³/mol. The van der Waals surface area contributed by atoms with Gasteiger partial charge in [0.25, 0.3) is 0 Å². The zero-order chi connectivity index (χ0) is 40.0. The number of fused-ring (bicyclic) bond motifs is 3. The van der Waals surface area contributed by atoms with Crippen molar-refractivity contribution in [1.29, 1.82) is 5.26 Å². The van der Waals surface area contributed by atoms with Gasteiger partial charge < -0.3 is 0 Å². The van der Waals surface area contributed by atoms with Crippen LogP contribution in [0.1, 0.15) is 89.0 Å². The Kier molecular flexibility index (Phi) is 9.65. The van der Waals surface area contributed by atoms with Crippen LogP contribution in [0.3, 0.4) is 0 Å². The van der Waals surface area contributed by atoms with Gasteiger partial charge in [0, 0.05) is 22.1 Å². The van der Waals surface area contributed by atoms with Gasteiger partial charge in [-0.3, -0.25) is 0 Å². The van der Waals surface area contributed by atoms with Crippen LogP contribution < -0.4 is 0 Å². The van der Waals surface area contributed by atoms with E-state index in [1.165, 1.54) is 59.1 Å². The van der Waals surface area contributed by atoms with Gasteiger partial charge in [-0.1, -0.05) is 151 Å². The normalized spacial score (nSPS) is 19.4. The van der Waals surface area contributed by atoms with Gasteiger partial charge >= 0.3 is 0 Å². The van der Waals surface area contributed by atoms with Crippen molar-refractivity contribution in [3.05, 3.63) is 162 Å². The maximum Gasteiger partial charge on any atom is 0.164 e. The summed E-state index contributed by atoms with van der Waals surface area (Å²) in [5.41, 5.74) is 14.6. The SMILES string of the molecule is CCC1(c2ccc(-c3cc(-c4ccc5c(c4)-c4ccccc4C5(C)C)cc(-c4nc(-c5ccccc5)nc(-c5cccc(C#N)c5)n4)c3)cc2)C[C@H](C)CC[C@H](C)C1. The monoisotopic (exact) mass is 754 g/mol. The molecule has 1 aromatic heterocycles. The van der Waals surface area contributed by atoms with Crippen LogP contribution in [-0.4, -0.2) is 15.0 Å². The lowest BCUT2D eigenvalue weighted by molar-refractivity contribution is 0.295. The molecule has 0 amide bonds. The van der Waals surface area contributed by atoms with E-state index in [9.17, 15) is 5.26 Å². The summed E-state index contributed by atoms with van der Waals surface area (Å²) in [4.78, 5) is 15.3. The minimum absolute atomic E-state index is 0.0695. The summed E-state index contributed by atoms with van der Waals surface area (Å²) in [5.74, 6) is 3.16. The van der Waals surface area contributed by atoms with Crippen LogP contribution in [0.2, 0.25) is 0 Å². The molecule has 1 heterocycles. The van der Waals surface area contributed by atoms with Crippen molar-refractivity contribution in [2.45, 2.75) is 77.6 Å². The molecule has 3 atom stereocenters. The number of nitrogens with zero attached hydrogens (tertiary/aromatic N) is 4. The van der Waals surface area contributed by atoms with Crippen molar-refractivity contribution in [1.82, 2.24) is 15.0 Å². The predicted octanol–water partition coefficient (Wildman–Crippen LogP) is 13.9. The zero-order valence-electron chi connectivity index (χ0n) is 34.3. The van der Waals surface area contributed by atoms with Crippen molar-refractivity contribution >= 4 is 0 Å². The minimum Gasteiger partial charge on any atom is -0.208 e. The molecule has 58 heavy (non-hydrogen) atoms. The van der Waals surface area contributed by atoms with Crippen LogP contribution in [0, 0.1) is 23.2 Å². The Labute approximate surface area is 343 Å². The maximum absolute atomic E-state index is 9.74. The lowest BCUT2D eigenvalue weighted by Gasteiger charge is -2.35. The summed E-state index contributed by atoms with van der Waals surface area (Å²) in [7, 11) is 0. The van der Waals surface area contributed by atoms with Crippen LogP contribution in [0.5, 0.6) is 0 Å². The highest BCUT2D eigenvalue weighted by Crippen LogP contribution is 2.50. The standard InChI is InChI=1S/C54H50N4/c1-6-54(32-35(2)19-20-36(3)33-54)45-24-21-38(22-25-45)42-28-43(40-23-26-49-47(31-40)46-17-10-11-18-48(46)53(49,4)5)30-44(29-42)52-57-50(39-14-8-7-9-15-39)56-51(58-52)41-16-12-13-37(27-41)34-55/h7-18,21-31,35-36H,6,19-20,32-33H2,1-5H3/t35-,36+,54?. The highest BCUT2D eigenvalue weighted by Gasteiger charge is 2.37. The highest BCUT2D eigenvalue weighted by molar-refractivity contribution is 5.87. The summed E-state index contributed by atoms with van der Waals surface area (Å²) in [5, 5.41) is 9.74. The van der Waals surface area contributed by atoms with E-state index in [0.29, 0.717) is 23.0 Å². The quantitative estimate of drug-likeness (QED) is 0.152. The summed E-state index contributed by atoms with van der Waals surface area (Å²) in [6, 6.07) is 51.9. The van der Waals surface area contributed by atoms with Crippen molar-refractivity contribution in [3.63, 3.8) is 0 Å². The summed E-state index contributed by atoms with van der Waals surface area (Å²) in [6.07, 6.45) is 6.27. The minimum atomic E-state index is -0.0695. The van der Waals surface area contributed by atoms with Crippen LogP contribution in [0.25, 0.3) is 67.5 Å². The summed E-state index contributed by atoms with van der Waals surface area (Å²) < 4.78 is 0. The summed E-state index contributed by atoms with van der Waals surface area (Å²) >= 11 is 0. The maximum atomic E-state index is 9.74. The molecule has 1 fully saturated rings. The van der Waals surface area contributed by atoms with E-state index in [0.717, 1.165) is 51.6 Å². The molecule has 0 radical (unpaired) electrons. The molecule has 0 aliphatic heterocycles. The molecule has 0 spiro atoms. The molecule has 1 saturated carbocycles. The molecule has 286 valence electrons. The van der Waals surface area contributed by atoms with Crippen molar-refractivity contribution in [2.75, 3.05) is 0 Å². The van der Waals surface area contributed by atoms with Gasteiger partial charge in [0.1, 0.15) is 0 Å². The molecule has 2 aliphatic rings. The average Bonchev–Trinajstić information content (AvgIpc) is 3.38. The second-order valence-corrected chi connectivity index (χ2v) is 17.5. The van der Waals surface area contributed by atoms with Crippen LogP contribution in [0.4, 0.5) is 0 Å². The Morgan fingerprint density at radius 1 is 0.534 bits per heavy atom. The van der Waals surface area contributed by atoms with Crippen molar-refractivity contribution in [3.8, 4) is 73.6 Å². The Bertz CT molecular complexity index is 2670. The number of benzene rings is 6. The molecule has 2 aliphatic carbocycles. The third-order valence-electron chi connectivity index (χ3n) is 13.2. The molecule has 7 aromatic rings. The van der Waals surface area contributed by atoms with Gasteiger partial charge in [-0.05, 0) is 123 Å². The van der Waals surface area contributed by atoms with Crippen LogP contribution in [0.15, 0.2) is 140 Å². The molecular formula is C54H50N4. The third kappa shape index (κ3) is 6.83. The molecule has 4 nitrogen and oxygen atoms in total. The summed E-state index contributed by atoms with van der Waals surface area (Å²) in [6.45, 7) is 11.9.